The molecule has 120 valence electrons. The third kappa shape index (κ3) is 3.39. The normalized spacial score (nSPS) is 23.3. The van der Waals surface area contributed by atoms with Crippen LogP contribution < -0.4 is 16.4 Å². The zero-order valence-corrected chi connectivity index (χ0v) is 12.8. The average Bonchev–Trinajstić information content (AvgIpc) is 2.87. The first-order chi connectivity index (χ1) is 10.0. The molecule has 1 fully saturated rings. The van der Waals surface area contributed by atoms with Gasteiger partial charge in [-0.05, 0) is 43.4 Å². The molecule has 2 amide bonds. The number of anilines is 2. The molecule has 1 aromatic rings. The van der Waals surface area contributed by atoms with Crippen LogP contribution in [-0.2, 0) is 16.0 Å². The summed E-state index contributed by atoms with van der Waals surface area (Å²) in [4.78, 5) is 23.5. The number of rotatable bonds is 2. The van der Waals surface area contributed by atoms with Crippen LogP contribution in [0.25, 0.3) is 0 Å². The standard InChI is InChI=1S/C15H18FN3O2.ClH/c16-11-6-8-2-4-14(20)18-12(8)7-13(11)19-15(21)9-1-3-10(17)5-9;/h6-7,9-10H,1-5,17H2,(H,18,20)(H,19,21);1H. The highest BCUT2D eigenvalue weighted by atomic mass is 35.5. The van der Waals surface area contributed by atoms with Gasteiger partial charge in [-0.3, -0.25) is 9.59 Å². The highest BCUT2D eigenvalue weighted by Gasteiger charge is 2.28. The van der Waals surface area contributed by atoms with Gasteiger partial charge in [0.05, 0.1) is 5.69 Å². The topological polar surface area (TPSA) is 84.2 Å². The minimum Gasteiger partial charge on any atom is -0.328 e. The van der Waals surface area contributed by atoms with Crippen molar-refractivity contribution in [2.45, 2.75) is 38.1 Å². The molecule has 3 rings (SSSR count). The first-order valence-corrected chi connectivity index (χ1v) is 7.21. The summed E-state index contributed by atoms with van der Waals surface area (Å²) >= 11 is 0. The number of nitrogens with two attached hydrogens (primary N) is 1. The summed E-state index contributed by atoms with van der Waals surface area (Å²) in [7, 11) is 0. The summed E-state index contributed by atoms with van der Waals surface area (Å²) in [5, 5.41) is 5.32. The number of hydrogen-bond donors (Lipinski definition) is 3. The molecule has 2 aliphatic rings. The summed E-state index contributed by atoms with van der Waals surface area (Å²) in [6.07, 6.45) is 3.06. The van der Waals surface area contributed by atoms with E-state index in [2.05, 4.69) is 10.6 Å². The quantitative estimate of drug-likeness (QED) is 0.778. The van der Waals surface area contributed by atoms with E-state index >= 15 is 0 Å². The second-order valence-electron chi connectivity index (χ2n) is 5.80. The van der Waals surface area contributed by atoms with Crippen LogP contribution in [0, 0.1) is 11.7 Å². The third-order valence-electron chi connectivity index (χ3n) is 4.19. The smallest absolute Gasteiger partial charge is 0.227 e. The van der Waals surface area contributed by atoms with E-state index in [4.69, 9.17) is 5.73 Å². The highest BCUT2D eigenvalue weighted by Crippen LogP contribution is 2.30. The van der Waals surface area contributed by atoms with Crippen LogP contribution in [-0.4, -0.2) is 17.9 Å². The molecule has 7 heteroatoms. The van der Waals surface area contributed by atoms with Gasteiger partial charge in [0.1, 0.15) is 5.82 Å². The van der Waals surface area contributed by atoms with E-state index in [0.717, 1.165) is 18.4 Å². The van der Waals surface area contributed by atoms with Crippen molar-refractivity contribution in [1.82, 2.24) is 0 Å². The molecule has 0 aromatic heterocycles. The molecule has 1 aliphatic heterocycles. The second-order valence-corrected chi connectivity index (χ2v) is 5.80. The van der Waals surface area contributed by atoms with Gasteiger partial charge in [0.15, 0.2) is 0 Å². The molecule has 1 saturated carbocycles. The molecule has 22 heavy (non-hydrogen) atoms. The Labute approximate surface area is 134 Å². The lowest BCUT2D eigenvalue weighted by Crippen LogP contribution is -2.24. The molecule has 0 bridgehead atoms. The zero-order chi connectivity index (χ0) is 15.0. The van der Waals surface area contributed by atoms with Crippen molar-refractivity contribution in [2.24, 2.45) is 11.7 Å². The molecular weight excluding hydrogens is 309 g/mol. The van der Waals surface area contributed by atoms with E-state index in [-0.39, 0.29) is 41.9 Å². The average molecular weight is 328 g/mol. The Morgan fingerprint density at radius 2 is 2.09 bits per heavy atom. The Balaban J connectivity index is 0.00000176. The van der Waals surface area contributed by atoms with Crippen molar-refractivity contribution in [3.8, 4) is 0 Å². The van der Waals surface area contributed by atoms with Crippen molar-refractivity contribution in [2.75, 3.05) is 10.6 Å². The molecule has 2 unspecified atom stereocenters. The van der Waals surface area contributed by atoms with Crippen LogP contribution in [0.2, 0.25) is 0 Å². The number of carbonyl (C=O) groups excluding carboxylic acids is 2. The number of amides is 2. The van der Waals surface area contributed by atoms with Gasteiger partial charge in [0, 0.05) is 24.1 Å². The Bertz CT molecular complexity index is 609. The van der Waals surface area contributed by atoms with Gasteiger partial charge in [-0.1, -0.05) is 0 Å². The highest BCUT2D eigenvalue weighted by molar-refractivity contribution is 5.97. The summed E-state index contributed by atoms with van der Waals surface area (Å²) in [6, 6.07) is 2.92. The predicted molar refractivity (Wildman–Crippen MR) is 84.5 cm³/mol. The summed E-state index contributed by atoms with van der Waals surface area (Å²) in [6.45, 7) is 0. The first kappa shape index (κ1) is 16.7. The fourth-order valence-electron chi connectivity index (χ4n) is 2.98. The van der Waals surface area contributed by atoms with Crippen molar-refractivity contribution >= 4 is 35.6 Å². The Hall–Kier alpha value is -1.66. The maximum Gasteiger partial charge on any atom is 0.227 e. The van der Waals surface area contributed by atoms with E-state index in [1.54, 1.807) is 0 Å². The second kappa shape index (κ2) is 6.62. The molecule has 1 aliphatic carbocycles. The molecule has 2 atom stereocenters. The van der Waals surface area contributed by atoms with Crippen LogP contribution in [0.1, 0.15) is 31.2 Å². The van der Waals surface area contributed by atoms with Gasteiger partial charge < -0.3 is 16.4 Å². The molecule has 1 heterocycles. The Morgan fingerprint density at radius 1 is 1.32 bits per heavy atom. The lowest BCUT2D eigenvalue weighted by atomic mass is 10.0. The molecule has 5 nitrogen and oxygen atoms in total. The number of aryl methyl sites for hydroxylation is 1. The van der Waals surface area contributed by atoms with Gasteiger partial charge in [0.25, 0.3) is 0 Å². The number of carbonyl (C=O) groups is 2. The number of fused-ring (bicyclic) bond motifs is 1. The zero-order valence-electron chi connectivity index (χ0n) is 12.0. The fraction of sp³-hybridized carbons (Fsp3) is 0.467. The van der Waals surface area contributed by atoms with Crippen LogP contribution in [0.4, 0.5) is 15.8 Å². The van der Waals surface area contributed by atoms with Crippen molar-refractivity contribution < 1.29 is 14.0 Å². The van der Waals surface area contributed by atoms with Crippen molar-refractivity contribution in [3.63, 3.8) is 0 Å². The van der Waals surface area contributed by atoms with Gasteiger partial charge in [-0.25, -0.2) is 4.39 Å². The van der Waals surface area contributed by atoms with E-state index in [9.17, 15) is 14.0 Å². The van der Waals surface area contributed by atoms with Gasteiger partial charge in [-0.15, -0.1) is 12.4 Å². The van der Waals surface area contributed by atoms with Crippen molar-refractivity contribution in [3.05, 3.63) is 23.5 Å². The summed E-state index contributed by atoms with van der Waals surface area (Å²) in [5.74, 6) is -0.928. The van der Waals surface area contributed by atoms with Crippen LogP contribution in [0.5, 0.6) is 0 Å². The predicted octanol–water partition coefficient (Wildman–Crippen LogP) is 2.20. The van der Waals surface area contributed by atoms with E-state index in [1.807, 2.05) is 0 Å². The number of benzene rings is 1. The van der Waals surface area contributed by atoms with Crippen molar-refractivity contribution in [1.29, 1.82) is 0 Å². The molecule has 1 aromatic carbocycles. The van der Waals surface area contributed by atoms with Gasteiger partial charge in [0.2, 0.25) is 11.8 Å². The number of halogens is 2. The van der Waals surface area contributed by atoms with Gasteiger partial charge >= 0.3 is 0 Å². The molecule has 0 radical (unpaired) electrons. The maximum atomic E-state index is 14.0. The number of hydrogen-bond acceptors (Lipinski definition) is 3. The first-order valence-electron chi connectivity index (χ1n) is 7.21. The van der Waals surface area contributed by atoms with Gasteiger partial charge in [-0.2, -0.15) is 0 Å². The molecule has 4 N–H and O–H groups in total. The van der Waals surface area contributed by atoms with E-state index in [1.165, 1.54) is 12.1 Å². The van der Waals surface area contributed by atoms with Crippen LogP contribution in [0.15, 0.2) is 12.1 Å². The number of nitrogens with one attached hydrogen (secondary N) is 2. The summed E-state index contributed by atoms with van der Waals surface area (Å²) < 4.78 is 14.0. The minimum atomic E-state index is -0.472. The lowest BCUT2D eigenvalue weighted by molar-refractivity contribution is -0.119. The molecular formula is C15H19ClFN3O2. The Kier molecular flexibility index (Phi) is 5.03. The van der Waals surface area contributed by atoms with Crippen LogP contribution >= 0.6 is 12.4 Å². The fourth-order valence-corrected chi connectivity index (χ4v) is 2.98. The monoisotopic (exact) mass is 327 g/mol. The SMILES string of the molecule is Cl.NC1CCC(C(=O)Nc2cc3c(cc2F)CCC(=O)N3)C1. The Morgan fingerprint density at radius 3 is 2.77 bits per heavy atom. The molecule has 0 spiro atoms. The maximum absolute atomic E-state index is 14.0. The largest absolute Gasteiger partial charge is 0.328 e. The van der Waals surface area contributed by atoms with E-state index in [0.29, 0.717) is 24.9 Å². The molecule has 0 saturated heterocycles. The third-order valence-corrected chi connectivity index (χ3v) is 4.19. The summed E-state index contributed by atoms with van der Waals surface area (Å²) in [5.41, 5.74) is 7.24. The lowest BCUT2D eigenvalue weighted by Gasteiger charge is -2.19. The minimum absolute atomic E-state index is 0. The van der Waals surface area contributed by atoms with E-state index < -0.39 is 5.82 Å². The van der Waals surface area contributed by atoms with Crippen LogP contribution in [0.3, 0.4) is 0 Å².